The second-order valence-corrected chi connectivity index (χ2v) is 6.65. The highest BCUT2D eigenvalue weighted by molar-refractivity contribution is 5.79. The van der Waals surface area contributed by atoms with E-state index in [9.17, 15) is 0 Å². The van der Waals surface area contributed by atoms with Crippen LogP contribution in [0.1, 0.15) is 41.8 Å². The van der Waals surface area contributed by atoms with Crippen molar-refractivity contribution in [2.45, 2.75) is 39.3 Å². The van der Waals surface area contributed by atoms with Crippen molar-refractivity contribution < 1.29 is 9.26 Å². The maximum atomic E-state index is 6.08. The summed E-state index contributed by atoms with van der Waals surface area (Å²) >= 11 is 0. The number of ether oxygens (including phenoxy) is 1. The van der Waals surface area contributed by atoms with Crippen LogP contribution in [0.2, 0.25) is 0 Å². The van der Waals surface area contributed by atoms with Gasteiger partial charge in [0, 0.05) is 26.1 Å². The van der Waals surface area contributed by atoms with Gasteiger partial charge in [0.25, 0.3) is 0 Å². The molecule has 1 aromatic heterocycles. The van der Waals surface area contributed by atoms with E-state index in [0.29, 0.717) is 30.1 Å². The van der Waals surface area contributed by atoms with E-state index in [2.05, 4.69) is 57.0 Å². The Hall–Kier alpha value is -2.41. The lowest BCUT2D eigenvalue weighted by molar-refractivity contribution is -0.0265. The molecule has 7 heteroatoms. The van der Waals surface area contributed by atoms with Gasteiger partial charge in [0.2, 0.25) is 5.89 Å². The maximum absolute atomic E-state index is 6.08. The van der Waals surface area contributed by atoms with Crippen molar-refractivity contribution in [1.29, 1.82) is 0 Å². The molecule has 0 amide bonds. The minimum atomic E-state index is 0.119. The lowest BCUT2D eigenvalue weighted by Gasteiger charge is -2.32. The molecule has 0 radical (unpaired) electrons. The molecule has 1 aliphatic rings. The van der Waals surface area contributed by atoms with Crippen molar-refractivity contribution in [3.63, 3.8) is 0 Å². The molecule has 2 aromatic rings. The van der Waals surface area contributed by atoms with Gasteiger partial charge in [-0.15, -0.1) is 0 Å². The van der Waals surface area contributed by atoms with E-state index in [1.165, 1.54) is 11.1 Å². The highest BCUT2D eigenvalue weighted by Crippen LogP contribution is 2.33. The van der Waals surface area contributed by atoms with Gasteiger partial charge >= 0.3 is 0 Å². The monoisotopic (exact) mass is 357 g/mol. The fourth-order valence-electron chi connectivity index (χ4n) is 3.20. The number of hydrogen-bond donors (Lipinski definition) is 2. The van der Waals surface area contributed by atoms with Crippen molar-refractivity contribution in [2.24, 2.45) is 10.9 Å². The van der Waals surface area contributed by atoms with Gasteiger partial charge in [-0.3, -0.25) is 4.99 Å². The number of nitrogens with one attached hydrogen (secondary N) is 2. The molecule has 0 saturated carbocycles. The van der Waals surface area contributed by atoms with Gasteiger partial charge in [-0.05, 0) is 32.3 Å². The molecule has 0 aliphatic carbocycles. The second kappa shape index (κ2) is 8.80. The van der Waals surface area contributed by atoms with E-state index in [4.69, 9.17) is 9.26 Å². The number of rotatable bonds is 5. The standard InChI is InChI=1S/C19H27N5O2/c1-13-6-8-15(9-7-13)18-16(5-4-10-25-18)11-21-19(20-3)22-12-17-23-14(2)24-26-17/h6-9,16,18H,4-5,10-12H2,1-3H3,(H2,20,21,22). The molecule has 140 valence electrons. The molecular formula is C19H27N5O2. The van der Waals surface area contributed by atoms with E-state index < -0.39 is 0 Å². The number of aryl methyl sites for hydroxylation is 2. The predicted octanol–water partition coefficient (Wildman–Crippen LogP) is 2.52. The van der Waals surface area contributed by atoms with Crippen molar-refractivity contribution in [3.8, 4) is 0 Å². The molecule has 7 nitrogen and oxygen atoms in total. The van der Waals surface area contributed by atoms with Gasteiger partial charge in [0.1, 0.15) is 0 Å². The summed E-state index contributed by atoms with van der Waals surface area (Å²) in [4.78, 5) is 8.45. The molecule has 0 bridgehead atoms. The van der Waals surface area contributed by atoms with Crippen LogP contribution in [0.4, 0.5) is 0 Å². The molecule has 1 aromatic carbocycles. The summed E-state index contributed by atoms with van der Waals surface area (Å²) in [5.41, 5.74) is 2.51. The summed E-state index contributed by atoms with van der Waals surface area (Å²) in [7, 11) is 1.75. The Morgan fingerprint density at radius 1 is 1.23 bits per heavy atom. The third-order valence-electron chi connectivity index (χ3n) is 4.58. The van der Waals surface area contributed by atoms with E-state index in [1.807, 2.05) is 0 Å². The Labute approximate surface area is 154 Å². The Morgan fingerprint density at radius 2 is 2.04 bits per heavy atom. The zero-order chi connectivity index (χ0) is 18.4. The quantitative estimate of drug-likeness (QED) is 0.632. The van der Waals surface area contributed by atoms with Crippen LogP contribution in [-0.4, -0.2) is 36.3 Å². The van der Waals surface area contributed by atoms with Crippen LogP contribution in [0.25, 0.3) is 0 Å². The van der Waals surface area contributed by atoms with Crippen LogP contribution >= 0.6 is 0 Å². The summed E-state index contributed by atoms with van der Waals surface area (Å²) in [5, 5.41) is 10.4. The predicted molar refractivity (Wildman–Crippen MR) is 99.8 cm³/mol. The number of benzene rings is 1. The number of aromatic nitrogens is 2. The molecule has 1 fully saturated rings. The lowest BCUT2D eigenvalue weighted by Crippen LogP contribution is -2.41. The van der Waals surface area contributed by atoms with Crippen molar-refractivity contribution in [3.05, 3.63) is 47.1 Å². The Bertz CT molecular complexity index is 726. The van der Waals surface area contributed by atoms with E-state index in [0.717, 1.165) is 26.0 Å². The molecule has 1 saturated heterocycles. The average Bonchev–Trinajstić information content (AvgIpc) is 3.08. The van der Waals surface area contributed by atoms with Crippen LogP contribution < -0.4 is 10.6 Å². The minimum absolute atomic E-state index is 0.119. The van der Waals surface area contributed by atoms with E-state index in [1.54, 1.807) is 14.0 Å². The van der Waals surface area contributed by atoms with Crippen LogP contribution in [0.3, 0.4) is 0 Å². The normalized spacial score (nSPS) is 20.8. The van der Waals surface area contributed by atoms with Crippen molar-refractivity contribution in [1.82, 2.24) is 20.8 Å². The van der Waals surface area contributed by atoms with Crippen LogP contribution in [0, 0.1) is 19.8 Å². The smallest absolute Gasteiger partial charge is 0.246 e. The SMILES string of the molecule is CN=C(NCc1nc(C)no1)NCC1CCCOC1c1ccc(C)cc1. The molecule has 0 spiro atoms. The minimum Gasteiger partial charge on any atom is -0.373 e. The largest absolute Gasteiger partial charge is 0.373 e. The molecule has 3 rings (SSSR count). The van der Waals surface area contributed by atoms with E-state index >= 15 is 0 Å². The first-order chi connectivity index (χ1) is 12.7. The summed E-state index contributed by atoms with van der Waals surface area (Å²) in [6, 6.07) is 8.63. The Morgan fingerprint density at radius 3 is 2.73 bits per heavy atom. The van der Waals surface area contributed by atoms with Gasteiger partial charge in [-0.25, -0.2) is 0 Å². The lowest BCUT2D eigenvalue weighted by atomic mass is 9.89. The Balaban J connectivity index is 1.55. The van der Waals surface area contributed by atoms with Gasteiger partial charge < -0.3 is 19.9 Å². The maximum Gasteiger partial charge on any atom is 0.246 e. The number of aliphatic imine (C=N–C) groups is 1. The van der Waals surface area contributed by atoms with Gasteiger partial charge in [-0.1, -0.05) is 35.0 Å². The van der Waals surface area contributed by atoms with Crippen LogP contribution in [0.15, 0.2) is 33.8 Å². The molecule has 2 atom stereocenters. The zero-order valence-electron chi connectivity index (χ0n) is 15.7. The average molecular weight is 357 g/mol. The van der Waals surface area contributed by atoms with Crippen LogP contribution in [-0.2, 0) is 11.3 Å². The van der Waals surface area contributed by atoms with Crippen molar-refractivity contribution >= 4 is 5.96 Å². The summed E-state index contributed by atoms with van der Waals surface area (Å²) in [6.07, 6.45) is 2.33. The first kappa shape index (κ1) is 18.4. The third kappa shape index (κ3) is 4.82. The van der Waals surface area contributed by atoms with E-state index in [-0.39, 0.29) is 6.10 Å². The molecule has 26 heavy (non-hydrogen) atoms. The highest BCUT2D eigenvalue weighted by Gasteiger charge is 2.27. The highest BCUT2D eigenvalue weighted by atomic mass is 16.5. The molecule has 1 aliphatic heterocycles. The Kier molecular flexibility index (Phi) is 6.22. The molecule has 2 heterocycles. The van der Waals surface area contributed by atoms with Gasteiger partial charge in [0.15, 0.2) is 11.8 Å². The topological polar surface area (TPSA) is 84.6 Å². The van der Waals surface area contributed by atoms with Crippen LogP contribution in [0.5, 0.6) is 0 Å². The first-order valence-electron chi connectivity index (χ1n) is 9.07. The van der Waals surface area contributed by atoms with Gasteiger partial charge in [-0.2, -0.15) is 4.98 Å². The van der Waals surface area contributed by atoms with Crippen molar-refractivity contribution in [2.75, 3.05) is 20.2 Å². The molecule has 2 unspecified atom stereocenters. The number of hydrogen-bond acceptors (Lipinski definition) is 5. The summed E-state index contributed by atoms with van der Waals surface area (Å²) < 4.78 is 11.2. The third-order valence-corrected chi connectivity index (χ3v) is 4.58. The fourth-order valence-corrected chi connectivity index (χ4v) is 3.20. The molecular weight excluding hydrogens is 330 g/mol. The summed E-state index contributed by atoms with van der Waals surface area (Å²) in [5.74, 6) is 2.29. The summed E-state index contributed by atoms with van der Waals surface area (Å²) in [6.45, 7) is 5.96. The first-order valence-corrected chi connectivity index (χ1v) is 9.07. The fraction of sp³-hybridized carbons (Fsp3) is 0.526. The molecule has 2 N–H and O–H groups in total. The number of nitrogens with zero attached hydrogens (tertiary/aromatic N) is 3. The number of guanidine groups is 1. The second-order valence-electron chi connectivity index (χ2n) is 6.65. The zero-order valence-corrected chi connectivity index (χ0v) is 15.7. The van der Waals surface area contributed by atoms with Gasteiger partial charge in [0.05, 0.1) is 12.6 Å².